The molecule has 0 spiro atoms. The first-order valence-corrected chi connectivity index (χ1v) is 7.04. The lowest BCUT2D eigenvalue weighted by Crippen LogP contribution is -2.18. The van der Waals surface area contributed by atoms with Crippen LogP contribution >= 0.6 is 0 Å². The number of Topliss-reactive ketones (excluding diaryl/α,β-unsaturated/α-hetero) is 1. The van der Waals surface area contributed by atoms with Crippen LogP contribution in [0.3, 0.4) is 0 Å². The highest BCUT2D eigenvalue weighted by Gasteiger charge is 2.23. The molecule has 1 aliphatic rings. The molecular weight excluding hydrogens is 240 g/mol. The lowest BCUT2D eigenvalue weighted by molar-refractivity contribution is -0.107. The molecule has 0 saturated heterocycles. The van der Waals surface area contributed by atoms with Crippen molar-refractivity contribution in [3.63, 3.8) is 0 Å². The predicted molar refractivity (Wildman–Crippen MR) is 75.4 cm³/mol. The maximum Gasteiger partial charge on any atom is 0.185 e. The fourth-order valence-corrected chi connectivity index (χ4v) is 1.84. The van der Waals surface area contributed by atoms with Gasteiger partial charge >= 0.3 is 0 Å². The van der Waals surface area contributed by atoms with Crippen molar-refractivity contribution in [3.8, 4) is 0 Å². The molecule has 0 atom stereocenters. The van der Waals surface area contributed by atoms with Gasteiger partial charge in [-0.2, -0.15) is 5.10 Å². The van der Waals surface area contributed by atoms with Gasteiger partial charge in [-0.1, -0.05) is 20.8 Å². The van der Waals surface area contributed by atoms with Gasteiger partial charge in [0.1, 0.15) is 12.0 Å². The van der Waals surface area contributed by atoms with E-state index in [0.717, 1.165) is 11.8 Å². The Kier molecular flexibility index (Phi) is 5.93. The quantitative estimate of drug-likeness (QED) is 0.619. The first kappa shape index (κ1) is 15.6. The molecule has 106 valence electrons. The van der Waals surface area contributed by atoms with Gasteiger partial charge in [-0.25, -0.2) is 0 Å². The molecule has 1 aromatic rings. The Hall–Kier alpha value is -1.45. The summed E-state index contributed by atoms with van der Waals surface area (Å²) in [5.41, 5.74) is 1.68. The minimum atomic E-state index is 0.0356. The number of hydrogen-bond donors (Lipinski definition) is 0. The van der Waals surface area contributed by atoms with Crippen molar-refractivity contribution in [2.24, 2.45) is 5.92 Å². The standard InChI is InChI=1S/C12H18N2O.C3H6O/c1-8(2)12(15)11-9(3)7-14(13-11)10-5-4-6-10;1-2-3-4/h7-8,10H,4-6H2,1-3H3;3H,2H2,1H3. The molecule has 0 amide bonds. The van der Waals surface area contributed by atoms with Crippen LogP contribution in [-0.4, -0.2) is 21.8 Å². The first-order chi connectivity index (χ1) is 9.01. The molecule has 0 aromatic carbocycles. The second kappa shape index (κ2) is 7.22. The fraction of sp³-hybridized carbons (Fsp3) is 0.667. The third-order valence-electron chi connectivity index (χ3n) is 3.29. The van der Waals surface area contributed by atoms with Crippen molar-refractivity contribution in [3.05, 3.63) is 17.5 Å². The highest BCUT2D eigenvalue weighted by atomic mass is 16.1. The highest BCUT2D eigenvalue weighted by Crippen LogP contribution is 2.31. The normalized spacial score (nSPS) is 14.6. The molecule has 1 aromatic heterocycles. The molecule has 1 heterocycles. The van der Waals surface area contributed by atoms with E-state index >= 15 is 0 Å². The summed E-state index contributed by atoms with van der Waals surface area (Å²) in [5, 5.41) is 4.42. The summed E-state index contributed by atoms with van der Waals surface area (Å²) >= 11 is 0. The molecule has 2 rings (SSSR count). The largest absolute Gasteiger partial charge is 0.303 e. The van der Waals surface area contributed by atoms with Gasteiger partial charge in [0, 0.05) is 18.5 Å². The number of rotatable bonds is 4. The van der Waals surface area contributed by atoms with Crippen molar-refractivity contribution in [2.45, 2.75) is 59.4 Å². The Morgan fingerprint density at radius 3 is 2.47 bits per heavy atom. The smallest absolute Gasteiger partial charge is 0.185 e. The summed E-state index contributed by atoms with van der Waals surface area (Å²) in [5.74, 6) is 0.194. The molecule has 1 aliphatic carbocycles. The maximum absolute atomic E-state index is 11.8. The van der Waals surface area contributed by atoms with Gasteiger partial charge in [-0.05, 0) is 31.7 Å². The summed E-state index contributed by atoms with van der Waals surface area (Å²) in [6, 6.07) is 0.539. The highest BCUT2D eigenvalue weighted by molar-refractivity contribution is 5.96. The van der Waals surface area contributed by atoms with Gasteiger partial charge in [-0.15, -0.1) is 0 Å². The Bertz CT molecular complexity index is 431. The van der Waals surface area contributed by atoms with Gasteiger partial charge in [0.05, 0.1) is 6.04 Å². The average Bonchev–Trinajstić information content (AvgIpc) is 2.68. The number of carbonyl (C=O) groups excluding carboxylic acids is 2. The van der Waals surface area contributed by atoms with E-state index < -0.39 is 0 Å². The van der Waals surface area contributed by atoms with Gasteiger partial charge in [-0.3, -0.25) is 9.48 Å². The van der Waals surface area contributed by atoms with Crippen LogP contribution in [0.2, 0.25) is 0 Å². The van der Waals surface area contributed by atoms with Gasteiger partial charge in [0.25, 0.3) is 0 Å². The Morgan fingerprint density at radius 2 is 2.11 bits per heavy atom. The SMILES string of the molecule is CCC=O.Cc1cn(C2CCC2)nc1C(=O)C(C)C. The van der Waals surface area contributed by atoms with Crippen LogP contribution in [0, 0.1) is 12.8 Å². The van der Waals surface area contributed by atoms with Crippen molar-refractivity contribution < 1.29 is 9.59 Å². The van der Waals surface area contributed by atoms with Gasteiger partial charge in [0.15, 0.2) is 5.78 Å². The number of carbonyl (C=O) groups is 2. The zero-order chi connectivity index (χ0) is 14.4. The second-order valence-electron chi connectivity index (χ2n) is 5.32. The second-order valence-corrected chi connectivity index (χ2v) is 5.32. The number of nitrogens with zero attached hydrogens (tertiary/aromatic N) is 2. The molecule has 1 fully saturated rings. The number of aryl methyl sites for hydroxylation is 1. The van der Waals surface area contributed by atoms with Crippen LogP contribution in [0.5, 0.6) is 0 Å². The molecule has 0 bridgehead atoms. The van der Waals surface area contributed by atoms with Crippen LogP contribution in [0.25, 0.3) is 0 Å². The van der Waals surface area contributed by atoms with Crippen LogP contribution in [0.4, 0.5) is 0 Å². The molecule has 4 heteroatoms. The Morgan fingerprint density at radius 1 is 1.53 bits per heavy atom. The van der Waals surface area contributed by atoms with Crippen molar-refractivity contribution in [1.82, 2.24) is 9.78 Å². The first-order valence-electron chi connectivity index (χ1n) is 7.04. The fourth-order valence-electron chi connectivity index (χ4n) is 1.84. The van der Waals surface area contributed by atoms with Gasteiger partial charge < -0.3 is 4.79 Å². The van der Waals surface area contributed by atoms with E-state index in [4.69, 9.17) is 0 Å². The van der Waals surface area contributed by atoms with Crippen LogP contribution in [-0.2, 0) is 4.79 Å². The monoisotopic (exact) mass is 264 g/mol. The topological polar surface area (TPSA) is 52.0 Å². The number of ketones is 1. The van der Waals surface area contributed by atoms with E-state index in [1.165, 1.54) is 19.3 Å². The van der Waals surface area contributed by atoms with Crippen LogP contribution < -0.4 is 0 Å². The molecule has 0 aliphatic heterocycles. The summed E-state index contributed by atoms with van der Waals surface area (Å²) in [4.78, 5) is 21.0. The molecule has 0 unspecified atom stereocenters. The zero-order valence-corrected chi connectivity index (χ0v) is 12.3. The third-order valence-corrected chi connectivity index (χ3v) is 3.29. The zero-order valence-electron chi connectivity index (χ0n) is 12.3. The maximum atomic E-state index is 11.8. The van der Waals surface area contributed by atoms with E-state index in [9.17, 15) is 9.59 Å². The summed E-state index contributed by atoms with van der Waals surface area (Å²) in [6.45, 7) is 7.62. The van der Waals surface area contributed by atoms with Crippen LogP contribution in [0.1, 0.15) is 68.5 Å². The van der Waals surface area contributed by atoms with Crippen LogP contribution in [0.15, 0.2) is 6.20 Å². The van der Waals surface area contributed by atoms with E-state index in [-0.39, 0.29) is 11.7 Å². The Labute approximate surface area is 115 Å². The minimum Gasteiger partial charge on any atom is -0.303 e. The predicted octanol–water partition coefficient (Wildman–Crippen LogP) is 3.35. The van der Waals surface area contributed by atoms with E-state index in [0.29, 0.717) is 18.2 Å². The lowest BCUT2D eigenvalue weighted by atomic mass is 9.93. The molecule has 1 saturated carbocycles. The number of aromatic nitrogens is 2. The van der Waals surface area contributed by atoms with Crippen molar-refractivity contribution >= 4 is 12.1 Å². The third kappa shape index (κ3) is 4.01. The number of hydrogen-bond acceptors (Lipinski definition) is 3. The van der Waals surface area contributed by atoms with E-state index in [2.05, 4.69) is 5.10 Å². The minimum absolute atomic E-state index is 0.0356. The molecule has 0 radical (unpaired) electrons. The van der Waals surface area contributed by atoms with E-state index in [1.54, 1.807) is 0 Å². The lowest BCUT2D eigenvalue weighted by Gasteiger charge is -2.25. The van der Waals surface area contributed by atoms with Gasteiger partial charge in [0.2, 0.25) is 0 Å². The molecular formula is C15H24N2O2. The average molecular weight is 264 g/mol. The molecule has 0 N–H and O–H groups in total. The number of aldehydes is 1. The summed E-state index contributed by atoms with van der Waals surface area (Å²) in [7, 11) is 0. The Balaban J connectivity index is 0.000000399. The molecule has 19 heavy (non-hydrogen) atoms. The summed E-state index contributed by atoms with van der Waals surface area (Å²) < 4.78 is 1.98. The summed E-state index contributed by atoms with van der Waals surface area (Å²) in [6.07, 6.45) is 7.23. The van der Waals surface area contributed by atoms with E-state index in [1.807, 2.05) is 38.6 Å². The van der Waals surface area contributed by atoms with Crippen molar-refractivity contribution in [2.75, 3.05) is 0 Å². The van der Waals surface area contributed by atoms with Crippen molar-refractivity contribution in [1.29, 1.82) is 0 Å². The molecule has 4 nitrogen and oxygen atoms in total.